The average molecular weight is 375 g/mol. The highest BCUT2D eigenvalue weighted by molar-refractivity contribution is 7.09. The van der Waals surface area contributed by atoms with E-state index < -0.39 is 0 Å². The molecule has 0 unspecified atom stereocenters. The van der Waals surface area contributed by atoms with E-state index in [1.54, 1.807) is 23.5 Å². The maximum Gasteiger partial charge on any atom is 0.191 e. The molecule has 26 heavy (non-hydrogen) atoms. The molecule has 1 aromatic heterocycles. The van der Waals surface area contributed by atoms with E-state index in [0.29, 0.717) is 6.54 Å². The zero-order valence-corrected chi connectivity index (χ0v) is 16.3. The van der Waals surface area contributed by atoms with Crippen molar-refractivity contribution in [3.8, 4) is 0 Å². The molecule has 0 atom stereocenters. The summed E-state index contributed by atoms with van der Waals surface area (Å²) < 4.78 is 13.5. The van der Waals surface area contributed by atoms with Gasteiger partial charge < -0.3 is 10.6 Å². The topological polar surface area (TPSA) is 49.3 Å². The third-order valence-corrected chi connectivity index (χ3v) is 5.73. The minimum absolute atomic E-state index is 0.0167. The molecule has 1 saturated carbocycles. The number of aromatic nitrogens is 1. The number of guanidine groups is 1. The molecule has 1 aliphatic rings. The predicted molar refractivity (Wildman–Crippen MR) is 106 cm³/mol. The Bertz CT molecular complexity index is 752. The molecule has 0 amide bonds. The van der Waals surface area contributed by atoms with Gasteiger partial charge >= 0.3 is 0 Å². The molecular weight excluding hydrogens is 347 g/mol. The van der Waals surface area contributed by atoms with Gasteiger partial charge in [0.25, 0.3) is 0 Å². The molecule has 1 aromatic carbocycles. The van der Waals surface area contributed by atoms with E-state index in [1.807, 2.05) is 13.0 Å². The van der Waals surface area contributed by atoms with Crippen molar-refractivity contribution in [1.29, 1.82) is 0 Å². The Balaban J connectivity index is 1.52. The Morgan fingerprint density at radius 1 is 1.35 bits per heavy atom. The van der Waals surface area contributed by atoms with E-state index in [0.717, 1.165) is 56.0 Å². The van der Waals surface area contributed by atoms with Crippen molar-refractivity contribution in [3.05, 3.63) is 51.7 Å². The van der Waals surface area contributed by atoms with Crippen LogP contribution < -0.4 is 10.6 Å². The molecule has 0 radical (unpaired) electrons. The van der Waals surface area contributed by atoms with Crippen LogP contribution in [-0.4, -0.2) is 30.6 Å². The molecule has 1 heterocycles. The van der Waals surface area contributed by atoms with Crippen molar-refractivity contribution >= 4 is 17.3 Å². The van der Waals surface area contributed by atoms with Crippen molar-refractivity contribution in [2.75, 3.05) is 19.6 Å². The molecule has 0 saturated heterocycles. The van der Waals surface area contributed by atoms with Crippen molar-refractivity contribution in [3.63, 3.8) is 0 Å². The lowest BCUT2D eigenvalue weighted by atomic mass is 9.96. The fraction of sp³-hybridized carbons (Fsp3) is 0.500. The lowest BCUT2D eigenvalue weighted by Gasteiger charge is -2.16. The second kappa shape index (κ2) is 8.62. The van der Waals surface area contributed by atoms with E-state index in [2.05, 4.69) is 27.9 Å². The summed E-state index contributed by atoms with van der Waals surface area (Å²) in [6.07, 6.45) is 4.15. The number of aliphatic imine (C=N–C) groups is 1. The minimum atomic E-state index is -0.166. The van der Waals surface area contributed by atoms with Crippen LogP contribution in [0.4, 0.5) is 4.39 Å². The third kappa shape index (κ3) is 5.04. The van der Waals surface area contributed by atoms with Crippen LogP contribution in [0.3, 0.4) is 0 Å². The van der Waals surface area contributed by atoms with E-state index in [-0.39, 0.29) is 11.2 Å². The minimum Gasteiger partial charge on any atom is -0.357 e. The van der Waals surface area contributed by atoms with Gasteiger partial charge in [-0.15, -0.1) is 11.3 Å². The number of thiazole rings is 1. The molecule has 0 bridgehead atoms. The van der Waals surface area contributed by atoms with Gasteiger partial charge in [-0.25, -0.2) is 9.37 Å². The zero-order valence-electron chi connectivity index (χ0n) is 15.5. The molecule has 0 aliphatic heterocycles. The summed E-state index contributed by atoms with van der Waals surface area (Å²) in [4.78, 5) is 9.26. The number of halogens is 1. The first-order valence-corrected chi connectivity index (χ1v) is 10.2. The zero-order chi connectivity index (χ0) is 18.4. The van der Waals surface area contributed by atoms with Crippen LogP contribution in [0, 0.1) is 12.7 Å². The number of nitrogens with zero attached hydrogens (tertiary/aromatic N) is 2. The van der Waals surface area contributed by atoms with Gasteiger partial charge in [-0.1, -0.05) is 12.1 Å². The lowest BCUT2D eigenvalue weighted by Crippen LogP contribution is -2.38. The van der Waals surface area contributed by atoms with Gasteiger partial charge in [0.1, 0.15) is 5.82 Å². The molecule has 2 aromatic rings. The van der Waals surface area contributed by atoms with E-state index in [4.69, 9.17) is 4.99 Å². The number of benzene rings is 1. The number of hydrogen-bond acceptors (Lipinski definition) is 3. The van der Waals surface area contributed by atoms with Crippen molar-refractivity contribution in [1.82, 2.24) is 15.6 Å². The summed E-state index contributed by atoms with van der Waals surface area (Å²) in [5.74, 6) is 0.672. The molecule has 1 aliphatic carbocycles. The largest absolute Gasteiger partial charge is 0.357 e. The predicted octanol–water partition coefficient (Wildman–Crippen LogP) is 3.81. The summed E-state index contributed by atoms with van der Waals surface area (Å²) in [6, 6.07) is 6.96. The van der Waals surface area contributed by atoms with Crippen LogP contribution in [0.25, 0.3) is 0 Å². The van der Waals surface area contributed by atoms with Crippen molar-refractivity contribution < 1.29 is 4.39 Å². The van der Waals surface area contributed by atoms with E-state index in [1.165, 1.54) is 11.1 Å². The highest BCUT2D eigenvalue weighted by atomic mass is 32.1. The average Bonchev–Trinajstić information content (AvgIpc) is 3.31. The van der Waals surface area contributed by atoms with Crippen LogP contribution in [0.1, 0.15) is 42.5 Å². The first-order valence-electron chi connectivity index (χ1n) is 9.30. The van der Waals surface area contributed by atoms with Crippen molar-refractivity contribution in [2.45, 2.75) is 44.9 Å². The summed E-state index contributed by atoms with van der Waals surface area (Å²) in [6.45, 7) is 6.47. The molecule has 4 nitrogen and oxygen atoms in total. The van der Waals surface area contributed by atoms with Crippen molar-refractivity contribution in [2.24, 2.45) is 4.99 Å². The first kappa shape index (κ1) is 18.8. The van der Waals surface area contributed by atoms with Crippen LogP contribution in [-0.2, 0) is 11.8 Å². The summed E-state index contributed by atoms with van der Waals surface area (Å²) in [5, 5.41) is 9.99. The summed E-state index contributed by atoms with van der Waals surface area (Å²) >= 11 is 1.72. The van der Waals surface area contributed by atoms with Gasteiger partial charge in [-0.3, -0.25) is 4.99 Å². The second-order valence-electron chi connectivity index (χ2n) is 6.90. The summed E-state index contributed by atoms with van der Waals surface area (Å²) in [7, 11) is 0. The molecule has 1 fully saturated rings. The van der Waals surface area contributed by atoms with Gasteiger partial charge in [0.05, 0.1) is 11.6 Å². The highest BCUT2D eigenvalue weighted by Gasteiger charge is 2.44. The van der Waals surface area contributed by atoms with Gasteiger partial charge in [-0.2, -0.15) is 0 Å². The SMILES string of the molecule is CCNC(=NCC1(c2cccc(F)c2)CC1)NCCCc1nc(C)cs1. The Morgan fingerprint density at radius 3 is 2.85 bits per heavy atom. The monoisotopic (exact) mass is 374 g/mol. The summed E-state index contributed by atoms with van der Waals surface area (Å²) in [5.41, 5.74) is 2.18. The molecular formula is C20H27FN4S. The quantitative estimate of drug-likeness (QED) is 0.420. The van der Waals surface area contributed by atoms with Gasteiger partial charge in [-0.05, 0) is 50.8 Å². The van der Waals surface area contributed by atoms with Crippen LogP contribution in [0.5, 0.6) is 0 Å². The number of aryl methyl sites for hydroxylation is 2. The van der Waals surface area contributed by atoms with E-state index in [9.17, 15) is 4.39 Å². The molecule has 140 valence electrons. The number of rotatable bonds is 8. The molecule has 2 N–H and O–H groups in total. The maximum absolute atomic E-state index is 13.5. The van der Waals surface area contributed by atoms with Crippen LogP contribution in [0.2, 0.25) is 0 Å². The third-order valence-electron chi connectivity index (χ3n) is 4.70. The second-order valence-corrected chi connectivity index (χ2v) is 7.84. The van der Waals surface area contributed by atoms with Gasteiger partial charge in [0, 0.05) is 36.0 Å². The van der Waals surface area contributed by atoms with E-state index >= 15 is 0 Å². The standard InChI is InChI=1S/C20H27FN4S/c1-3-22-19(23-11-5-8-18-25-15(2)13-26-18)24-14-20(9-10-20)16-6-4-7-17(21)12-16/h4,6-7,12-13H,3,5,8-11,14H2,1-2H3,(H2,22,23,24). The van der Waals surface area contributed by atoms with Crippen LogP contribution >= 0.6 is 11.3 Å². The fourth-order valence-corrected chi connectivity index (χ4v) is 3.86. The molecule has 6 heteroatoms. The molecule has 3 rings (SSSR count). The first-order chi connectivity index (χ1) is 12.6. The Kier molecular flexibility index (Phi) is 6.25. The van der Waals surface area contributed by atoms with Gasteiger partial charge in [0.2, 0.25) is 0 Å². The molecule has 0 spiro atoms. The maximum atomic E-state index is 13.5. The normalized spacial score (nSPS) is 15.7. The smallest absolute Gasteiger partial charge is 0.191 e. The lowest BCUT2D eigenvalue weighted by molar-refractivity contribution is 0.615. The van der Waals surface area contributed by atoms with Crippen LogP contribution in [0.15, 0.2) is 34.6 Å². The Morgan fingerprint density at radius 2 is 2.19 bits per heavy atom. The highest BCUT2D eigenvalue weighted by Crippen LogP contribution is 2.48. The number of nitrogens with one attached hydrogen (secondary N) is 2. The number of hydrogen-bond donors (Lipinski definition) is 2. The Hall–Kier alpha value is -1.95. The van der Waals surface area contributed by atoms with Gasteiger partial charge in [0.15, 0.2) is 5.96 Å². The Labute approximate surface area is 159 Å². The fourth-order valence-electron chi connectivity index (χ4n) is 3.04.